The summed E-state index contributed by atoms with van der Waals surface area (Å²) >= 11 is 0. The smallest absolute Gasteiger partial charge is 0.303 e. The van der Waals surface area contributed by atoms with Crippen molar-refractivity contribution in [2.45, 2.75) is 134 Å². The molecular formula is C30H54O9. The first-order valence-corrected chi connectivity index (χ1v) is 14.9. The maximum Gasteiger partial charge on any atom is 0.303 e. The minimum Gasteiger partial charge on any atom is -0.458 e. The molecule has 0 saturated carbocycles. The maximum absolute atomic E-state index is 11.4. The van der Waals surface area contributed by atoms with Gasteiger partial charge in [0.1, 0.15) is 30.5 Å². The van der Waals surface area contributed by atoms with E-state index >= 15 is 0 Å². The van der Waals surface area contributed by atoms with E-state index in [9.17, 15) is 25.2 Å². The van der Waals surface area contributed by atoms with Crippen molar-refractivity contribution >= 4 is 5.97 Å². The Morgan fingerprint density at radius 3 is 2.05 bits per heavy atom. The largest absolute Gasteiger partial charge is 0.458 e. The molecule has 0 spiro atoms. The fourth-order valence-corrected chi connectivity index (χ4v) is 4.34. The van der Waals surface area contributed by atoms with Gasteiger partial charge in [0.2, 0.25) is 0 Å². The van der Waals surface area contributed by atoms with Gasteiger partial charge in [0.25, 0.3) is 0 Å². The molecule has 6 unspecified atom stereocenters. The van der Waals surface area contributed by atoms with E-state index in [-0.39, 0.29) is 13.2 Å². The molecule has 4 N–H and O–H groups in total. The van der Waals surface area contributed by atoms with Crippen LogP contribution in [0, 0.1) is 0 Å². The summed E-state index contributed by atoms with van der Waals surface area (Å²) in [6.07, 6.45) is 17.0. The van der Waals surface area contributed by atoms with Crippen LogP contribution in [0.4, 0.5) is 0 Å². The average Bonchev–Trinajstić information content (AvgIpc) is 2.92. The number of unbranched alkanes of at least 4 members (excludes halogenated alkanes) is 10. The molecule has 0 bridgehead atoms. The van der Waals surface area contributed by atoms with Gasteiger partial charge in [-0.2, -0.15) is 0 Å². The van der Waals surface area contributed by atoms with Gasteiger partial charge in [-0.1, -0.05) is 76.2 Å². The zero-order chi connectivity index (χ0) is 28.7. The molecule has 0 aromatic carbocycles. The van der Waals surface area contributed by atoms with Gasteiger partial charge in [0.05, 0.1) is 19.8 Å². The highest BCUT2D eigenvalue weighted by Crippen LogP contribution is 2.22. The maximum atomic E-state index is 11.4. The monoisotopic (exact) mass is 558 g/mol. The Balaban J connectivity index is 2.08. The van der Waals surface area contributed by atoms with Crippen LogP contribution in [0.2, 0.25) is 0 Å². The standard InChI is InChI=1S/C30H54O9/c1-3-4-5-6-7-8-9-10-11-12-13-14-15-16-17-18-19-20-36-22-25(38-24(2)32)23-37-30-29(35)28(34)27(33)26(21-31)39-30/h8-9,11-12,25-31,33-35H,3-7,10,13-23H2,1-2H3/b9-8-,12-11-. The van der Waals surface area contributed by atoms with Crippen molar-refractivity contribution in [2.75, 3.05) is 26.4 Å². The van der Waals surface area contributed by atoms with Crippen molar-refractivity contribution in [1.29, 1.82) is 0 Å². The molecule has 0 aliphatic carbocycles. The Kier molecular flexibility index (Phi) is 21.4. The second-order valence-electron chi connectivity index (χ2n) is 10.3. The fraction of sp³-hybridized carbons (Fsp3) is 0.833. The highest BCUT2D eigenvalue weighted by molar-refractivity contribution is 5.66. The van der Waals surface area contributed by atoms with Crippen LogP contribution in [-0.4, -0.2) is 89.6 Å². The van der Waals surface area contributed by atoms with E-state index in [2.05, 4.69) is 31.2 Å². The topological polar surface area (TPSA) is 135 Å². The van der Waals surface area contributed by atoms with Crippen LogP contribution in [-0.2, 0) is 23.7 Å². The van der Waals surface area contributed by atoms with E-state index < -0.39 is 49.4 Å². The van der Waals surface area contributed by atoms with Gasteiger partial charge in [0, 0.05) is 13.5 Å². The molecule has 1 saturated heterocycles. The zero-order valence-corrected chi connectivity index (χ0v) is 24.1. The summed E-state index contributed by atoms with van der Waals surface area (Å²) in [5, 5.41) is 39.1. The van der Waals surface area contributed by atoms with E-state index in [4.69, 9.17) is 18.9 Å². The third-order valence-corrected chi connectivity index (χ3v) is 6.67. The van der Waals surface area contributed by atoms with Crippen LogP contribution in [0.3, 0.4) is 0 Å². The van der Waals surface area contributed by atoms with E-state index in [1.54, 1.807) is 0 Å². The van der Waals surface area contributed by atoms with Crippen LogP contribution in [0.5, 0.6) is 0 Å². The number of carbonyl (C=O) groups is 1. The Bertz CT molecular complexity index is 652. The lowest BCUT2D eigenvalue weighted by molar-refractivity contribution is -0.305. The number of ether oxygens (including phenoxy) is 4. The van der Waals surface area contributed by atoms with Crippen molar-refractivity contribution in [3.8, 4) is 0 Å². The molecule has 228 valence electrons. The third kappa shape index (κ3) is 17.2. The Morgan fingerprint density at radius 2 is 1.44 bits per heavy atom. The molecule has 1 aliphatic rings. The molecule has 0 amide bonds. The quantitative estimate of drug-likeness (QED) is 0.0835. The van der Waals surface area contributed by atoms with Gasteiger partial charge in [-0.05, 0) is 38.5 Å². The molecule has 6 atom stereocenters. The number of carbonyl (C=O) groups excluding carboxylic acids is 1. The van der Waals surface area contributed by atoms with Crippen LogP contribution in [0.1, 0.15) is 97.3 Å². The zero-order valence-electron chi connectivity index (χ0n) is 24.1. The molecule has 9 nitrogen and oxygen atoms in total. The lowest BCUT2D eigenvalue weighted by Gasteiger charge is -2.39. The highest BCUT2D eigenvalue weighted by Gasteiger charge is 2.44. The predicted molar refractivity (Wildman–Crippen MR) is 150 cm³/mol. The summed E-state index contributed by atoms with van der Waals surface area (Å²) in [6, 6.07) is 0. The first-order chi connectivity index (χ1) is 18.9. The van der Waals surface area contributed by atoms with Gasteiger partial charge in [-0.3, -0.25) is 4.79 Å². The van der Waals surface area contributed by atoms with Crippen LogP contribution in [0.15, 0.2) is 24.3 Å². The second kappa shape index (κ2) is 23.4. The first-order valence-electron chi connectivity index (χ1n) is 14.9. The van der Waals surface area contributed by atoms with Crippen molar-refractivity contribution in [1.82, 2.24) is 0 Å². The van der Waals surface area contributed by atoms with Gasteiger partial charge >= 0.3 is 5.97 Å². The Hall–Kier alpha value is -1.33. The highest BCUT2D eigenvalue weighted by atomic mass is 16.7. The van der Waals surface area contributed by atoms with Gasteiger partial charge in [0.15, 0.2) is 6.29 Å². The molecule has 9 heteroatoms. The summed E-state index contributed by atoms with van der Waals surface area (Å²) in [5.41, 5.74) is 0. The van der Waals surface area contributed by atoms with Crippen LogP contribution in [0.25, 0.3) is 0 Å². The minimum absolute atomic E-state index is 0.122. The SMILES string of the molecule is CCCCCC/C=C\C/C=C\CCCCCCCCOCC(COC1OC(CO)C(O)C(O)C1O)OC(C)=O. The first kappa shape index (κ1) is 35.7. The summed E-state index contributed by atoms with van der Waals surface area (Å²) < 4.78 is 21.7. The van der Waals surface area contributed by atoms with Crippen LogP contribution < -0.4 is 0 Å². The number of aliphatic hydroxyl groups excluding tert-OH is 4. The fourth-order valence-electron chi connectivity index (χ4n) is 4.34. The molecule has 39 heavy (non-hydrogen) atoms. The van der Waals surface area contributed by atoms with Gasteiger partial charge in [-0.25, -0.2) is 0 Å². The van der Waals surface area contributed by atoms with Crippen molar-refractivity contribution in [2.24, 2.45) is 0 Å². The average molecular weight is 559 g/mol. The van der Waals surface area contributed by atoms with Crippen molar-refractivity contribution < 1.29 is 44.2 Å². The molecular weight excluding hydrogens is 504 g/mol. The molecule has 0 aromatic rings. The van der Waals surface area contributed by atoms with E-state index in [0.717, 1.165) is 32.1 Å². The summed E-state index contributed by atoms with van der Waals surface area (Å²) in [4.78, 5) is 11.4. The number of hydrogen-bond donors (Lipinski definition) is 4. The normalized spacial score (nSPS) is 24.5. The number of allylic oxidation sites excluding steroid dienone is 4. The van der Waals surface area contributed by atoms with Crippen molar-refractivity contribution in [3.05, 3.63) is 24.3 Å². The second-order valence-corrected chi connectivity index (χ2v) is 10.3. The molecule has 1 aliphatic heterocycles. The number of aliphatic hydroxyl groups is 4. The summed E-state index contributed by atoms with van der Waals surface area (Å²) in [6.45, 7) is 3.50. The molecule has 0 aromatic heterocycles. The molecule has 1 heterocycles. The Labute approximate surface area is 235 Å². The number of rotatable bonds is 23. The molecule has 0 radical (unpaired) electrons. The predicted octanol–water partition coefficient (Wildman–Crippen LogP) is 3.95. The Morgan fingerprint density at radius 1 is 0.821 bits per heavy atom. The summed E-state index contributed by atoms with van der Waals surface area (Å²) in [5.74, 6) is -0.495. The van der Waals surface area contributed by atoms with E-state index in [0.29, 0.717) is 6.61 Å². The molecule has 1 fully saturated rings. The molecule has 1 rings (SSSR count). The van der Waals surface area contributed by atoms with E-state index in [1.807, 2.05) is 0 Å². The lowest BCUT2D eigenvalue weighted by Crippen LogP contribution is -2.59. The number of esters is 1. The van der Waals surface area contributed by atoms with Crippen molar-refractivity contribution in [3.63, 3.8) is 0 Å². The van der Waals surface area contributed by atoms with E-state index in [1.165, 1.54) is 58.3 Å². The minimum atomic E-state index is -1.53. The van der Waals surface area contributed by atoms with Gasteiger partial charge < -0.3 is 39.4 Å². The van der Waals surface area contributed by atoms with Gasteiger partial charge in [-0.15, -0.1) is 0 Å². The summed E-state index contributed by atoms with van der Waals surface area (Å²) in [7, 11) is 0. The van der Waals surface area contributed by atoms with Crippen LogP contribution >= 0.6 is 0 Å². The number of hydrogen-bond acceptors (Lipinski definition) is 9. The lowest BCUT2D eigenvalue weighted by atomic mass is 9.99. The third-order valence-electron chi connectivity index (χ3n) is 6.67.